The van der Waals surface area contributed by atoms with E-state index in [9.17, 15) is 4.79 Å². The van der Waals surface area contributed by atoms with Crippen LogP contribution in [0.4, 0.5) is 0 Å². The molecule has 3 rings (SSSR count). The zero-order valence-electron chi connectivity index (χ0n) is 7.66. The molecule has 70 valence electrons. The van der Waals surface area contributed by atoms with Crippen molar-refractivity contribution in [1.82, 2.24) is 9.97 Å². The van der Waals surface area contributed by atoms with Crippen molar-refractivity contribution >= 4 is 10.9 Å². The molecule has 3 heteroatoms. The van der Waals surface area contributed by atoms with Gasteiger partial charge in [-0.2, -0.15) is 0 Å². The third-order valence-electron chi connectivity index (χ3n) is 2.71. The summed E-state index contributed by atoms with van der Waals surface area (Å²) in [6.07, 6.45) is 4.00. The topological polar surface area (TPSA) is 45.8 Å². The van der Waals surface area contributed by atoms with Crippen LogP contribution in [0.3, 0.4) is 0 Å². The molecule has 2 aromatic rings. The van der Waals surface area contributed by atoms with Gasteiger partial charge in [-0.15, -0.1) is 0 Å². The Balaban J connectivity index is 2.28. The van der Waals surface area contributed by atoms with E-state index >= 15 is 0 Å². The number of H-pyrrole nitrogens is 1. The van der Waals surface area contributed by atoms with Crippen LogP contribution in [-0.2, 0) is 0 Å². The van der Waals surface area contributed by atoms with Crippen LogP contribution >= 0.6 is 0 Å². The lowest BCUT2D eigenvalue weighted by Gasteiger charge is -1.99. The molecule has 0 saturated heterocycles. The highest BCUT2D eigenvalue weighted by Crippen LogP contribution is 2.40. The van der Waals surface area contributed by atoms with Gasteiger partial charge in [-0.25, -0.2) is 4.98 Å². The van der Waals surface area contributed by atoms with Crippen LogP contribution in [0, 0.1) is 0 Å². The van der Waals surface area contributed by atoms with Gasteiger partial charge in [-0.1, -0.05) is 6.07 Å². The molecule has 1 aliphatic rings. The van der Waals surface area contributed by atoms with Crippen LogP contribution in [0.2, 0.25) is 0 Å². The molecule has 1 aromatic heterocycles. The number of benzene rings is 1. The number of rotatable bonds is 1. The summed E-state index contributed by atoms with van der Waals surface area (Å²) >= 11 is 0. The standard InChI is InChI=1S/C11H10N2O/c14-11-9-4-3-8(7-1-2-7)5-10(9)12-6-13-11/h3-7H,1-2H2,(H,12,13,14). The molecule has 1 fully saturated rings. The third-order valence-corrected chi connectivity index (χ3v) is 2.71. The SMILES string of the molecule is O=c1[nH]cnc2cc(C3CC3)ccc12. The van der Waals surface area contributed by atoms with Gasteiger partial charge >= 0.3 is 0 Å². The van der Waals surface area contributed by atoms with Crippen molar-refractivity contribution in [3.63, 3.8) is 0 Å². The highest BCUT2D eigenvalue weighted by Gasteiger charge is 2.23. The zero-order valence-corrected chi connectivity index (χ0v) is 7.66. The summed E-state index contributed by atoms with van der Waals surface area (Å²) in [6, 6.07) is 5.94. The minimum absolute atomic E-state index is 0.0580. The lowest BCUT2D eigenvalue weighted by atomic mass is 10.1. The van der Waals surface area contributed by atoms with Gasteiger partial charge in [-0.05, 0) is 36.5 Å². The van der Waals surface area contributed by atoms with Crippen LogP contribution in [0.25, 0.3) is 10.9 Å². The summed E-state index contributed by atoms with van der Waals surface area (Å²) in [7, 11) is 0. The van der Waals surface area contributed by atoms with Crippen molar-refractivity contribution in [3.8, 4) is 0 Å². The highest BCUT2D eigenvalue weighted by molar-refractivity contribution is 5.78. The Hall–Kier alpha value is -1.64. The first kappa shape index (κ1) is 7.74. The number of aromatic amines is 1. The zero-order chi connectivity index (χ0) is 9.54. The largest absolute Gasteiger partial charge is 0.313 e. The first-order valence-electron chi connectivity index (χ1n) is 4.82. The van der Waals surface area contributed by atoms with Crippen LogP contribution in [0.1, 0.15) is 24.3 Å². The van der Waals surface area contributed by atoms with Crippen LogP contribution in [0.15, 0.2) is 29.3 Å². The Bertz CT molecular complexity index is 540. The maximum absolute atomic E-state index is 11.4. The molecule has 0 amide bonds. The Morgan fingerprint density at radius 2 is 2.21 bits per heavy atom. The van der Waals surface area contributed by atoms with Gasteiger partial charge in [0.1, 0.15) is 0 Å². The quantitative estimate of drug-likeness (QED) is 0.738. The number of hydrogen-bond donors (Lipinski definition) is 1. The molecule has 1 aliphatic carbocycles. The number of fused-ring (bicyclic) bond motifs is 1. The second kappa shape index (κ2) is 2.67. The van der Waals surface area contributed by atoms with Crippen molar-refractivity contribution in [2.75, 3.05) is 0 Å². The molecule has 14 heavy (non-hydrogen) atoms. The first-order chi connectivity index (χ1) is 6.84. The van der Waals surface area contributed by atoms with E-state index in [-0.39, 0.29) is 5.56 Å². The molecule has 0 unspecified atom stereocenters. The fourth-order valence-corrected chi connectivity index (χ4v) is 1.76. The summed E-state index contributed by atoms with van der Waals surface area (Å²) in [5, 5.41) is 0.678. The van der Waals surface area contributed by atoms with Gasteiger partial charge < -0.3 is 4.98 Å². The minimum Gasteiger partial charge on any atom is -0.313 e. The van der Waals surface area contributed by atoms with E-state index in [0.717, 1.165) is 5.52 Å². The number of hydrogen-bond acceptors (Lipinski definition) is 2. The third kappa shape index (κ3) is 1.13. The minimum atomic E-state index is -0.0580. The van der Waals surface area contributed by atoms with Crippen molar-refractivity contribution in [3.05, 3.63) is 40.4 Å². The molecule has 1 N–H and O–H groups in total. The predicted octanol–water partition coefficient (Wildman–Crippen LogP) is 1.80. The molecule has 0 radical (unpaired) electrons. The van der Waals surface area contributed by atoms with Gasteiger partial charge in [0.25, 0.3) is 5.56 Å². The molecule has 0 spiro atoms. The highest BCUT2D eigenvalue weighted by atomic mass is 16.1. The van der Waals surface area contributed by atoms with Gasteiger partial charge in [0.15, 0.2) is 0 Å². The van der Waals surface area contributed by atoms with Crippen molar-refractivity contribution in [2.24, 2.45) is 0 Å². The molecule has 1 saturated carbocycles. The lowest BCUT2D eigenvalue weighted by molar-refractivity contribution is 1.12. The van der Waals surface area contributed by atoms with E-state index < -0.39 is 0 Å². The number of aromatic nitrogens is 2. The van der Waals surface area contributed by atoms with E-state index in [0.29, 0.717) is 11.3 Å². The van der Waals surface area contributed by atoms with Gasteiger partial charge in [0.05, 0.1) is 17.2 Å². The fraction of sp³-hybridized carbons (Fsp3) is 0.273. The summed E-state index contributed by atoms with van der Waals surface area (Å²) in [4.78, 5) is 18.1. The second-order valence-corrected chi connectivity index (χ2v) is 3.78. The summed E-state index contributed by atoms with van der Waals surface area (Å²) in [5.74, 6) is 0.709. The summed E-state index contributed by atoms with van der Waals surface area (Å²) < 4.78 is 0. The number of nitrogens with one attached hydrogen (secondary N) is 1. The van der Waals surface area contributed by atoms with Gasteiger partial charge in [0, 0.05) is 0 Å². The second-order valence-electron chi connectivity index (χ2n) is 3.78. The molecular formula is C11H10N2O. The van der Waals surface area contributed by atoms with Crippen molar-refractivity contribution in [1.29, 1.82) is 0 Å². The Kier molecular flexibility index (Phi) is 1.48. The van der Waals surface area contributed by atoms with Gasteiger partial charge in [0.2, 0.25) is 0 Å². The first-order valence-corrected chi connectivity index (χ1v) is 4.82. The predicted molar refractivity (Wildman–Crippen MR) is 54.3 cm³/mol. The summed E-state index contributed by atoms with van der Waals surface area (Å²) in [5.41, 5.74) is 2.06. The van der Waals surface area contributed by atoms with Crippen molar-refractivity contribution in [2.45, 2.75) is 18.8 Å². The monoisotopic (exact) mass is 186 g/mol. The van der Waals surface area contributed by atoms with E-state index in [1.165, 1.54) is 24.7 Å². The normalized spacial score (nSPS) is 16.0. The molecule has 1 heterocycles. The van der Waals surface area contributed by atoms with Crippen LogP contribution in [-0.4, -0.2) is 9.97 Å². The fourth-order valence-electron chi connectivity index (χ4n) is 1.76. The van der Waals surface area contributed by atoms with Crippen molar-refractivity contribution < 1.29 is 0 Å². The summed E-state index contributed by atoms with van der Waals surface area (Å²) in [6.45, 7) is 0. The Morgan fingerprint density at radius 1 is 1.36 bits per heavy atom. The van der Waals surface area contributed by atoms with Gasteiger partial charge in [-0.3, -0.25) is 4.79 Å². The van der Waals surface area contributed by atoms with E-state index in [1.807, 2.05) is 18.2 Å². The molecule has 1 aromatic carbocycles. The maximum Gasteiger partial charge on any atom is 0.258 e. The van der Waals surface area contributed by atoms with E-state index in [1.54, 1.807) is 0 Å². The van der Waals surface area contributed by atoms with Crippen LogP contribution < -0.4 is 5.56 Å². The Morgan fingerprint density at radius 3 is 3.00 bits per heavy atom. The molecule has 0 atom stereocenters. The molecular weight excluding hydrogens is 176 g/mol. The van der Waals surface area contributed by atoms with E-state index in [2.05, 4.69) is 9.97 Å². The Labute approximate surface area is 80.8 Å². The number of nitrogens with zero attached hydrogens (tertiary/aromatic N) is 1. The molecule has 0 aliphatic heterocycles. The average molecular weight is 186 g/mol. The maximum atomic E-state index is 11.4. The molecule has 3 nitrogen and oxygen atoms in total. The molecule has 0 bridgehead atoms. The lowest BCUT2D eigenvalue weighted by Crippen LogP contribution is -2.06. The van der Waals surface area contributed by atoms with Crippen LogP contribution in [0.5, 0.6) is 0 Å². The smallest absolute Gasteiger partial charge is 0.258 e. The van der Waals surface area contributed by atoms with E-state index in [4.69, 9.17) is 0 Å². The average Bonchev–Trinajstić information content (AvgIpc) is 3.01.